The Kier molecular flexibility index (Phi) is 5.90. The fraction of sp³-hybridized carbons (Fsp3) is 0.125. The first-order chi connectivity index (χ1) is 11.0. The third-order valence-electron chi connectivity index (χ3n) is 3.05. The molecule has 0 bridgehead atoms. The van der Waals surface area contributed by atoms with Gasteiger partial charge in [-0.1, -0.05) is 17.7 Å². The van der Waals surface area contributed by atoms with Crippen LogP contribution in [0.2, 0.25) is 5.02 Å². The summed E-state index contributed by atoms with van der Waals surface area (Å²) in [5.41, 5.74) is 2.09. The van der Waals surface area contributed by atoms with Gasteiger partial charge in [0.15, 0.2) is 5.11 Å². The van der Waals surface area contributed by atoms with Gasteiger partial charge in [-0.3, -0.25) is 4.79 Å². The van der Waals surface area contributed by atoms with E-state index in [0.29, 0.717) is 16.4 Å². The zero-order valence-electron chi connectivity index (χ0n) is 12.3. The Balaban J connectivity index is 1.83. The SMILES string of the molecule is Cc1c(Cl)cccc1NC(=O)CNC(=S)Nc1ccc(F)cc1. The van der Waals surface area contributed by atoms with Crippen molar-refractivity contribution in [2.24, 2.45) is 0 Å². The molecule has 0 spiro atoms. The molecular weight excluding hydrogens is 337 g/mol. The highest BCUT2D eigenvalue weighted by Gasteiger charge is 2.07. The van der Waals surface area contributed by atoms with Gasteiger partial charge in [-0.2, -0.15) is 0 Å². The van der Waals surface area contributed by atoms with Crippen molar-refractivity contribution in [1.29, 1.82) is 0 Å². The molecule has 2 aromatic rings. The van der Waals surface area contributed by atoms with Gasteiger partial charge >= 0.3 is 0 Å². The molecule has 0 saturated carbocycles. The maximum Gasteiger partial charge on any atom is 0.243 e. The average molecular weight is 352 g/mol. The minimum Gasteiger partial charge on any atom is -0.353 e. The summed E-state index contributed by atoms with van der Waals surface area (Å²) in [5, 5.41) is 9.26. The van der Waals surface area contributed by atoms with Crippen LogP contribution in [0, 0.1) is 12.7 Å². The summed E-state index contributed by atoms with van der Waals surface area (Å²) in [6.45, 7) is 1.82. The second-order valence-electron chi connectivity index (χ2n) is 4.78. The Labute approximate surface area is 144 Å². The van der Waals surface area contributed by atoms with E-state index in [0.717, 1.165) is 5.56 Å². The van der Waals surface area contributed by atoms with Gasteiger partial charge in [0.2, 0.25) is 5.91 Å². The molecule has 0 atom stereocenters. The van der Waals surface area contributed by atoms with E-state index in [4.69, 9.17) is 23.8 Å². The first kappa shape index (κ1) is 17.2. The predicted molar refractivity (Wildman–Crippen MR) is 95.4 cm³/mol. The maximum atomic E-state index is 12.8. The van der Waals surface area contributed by atoms with E-state index >= 15 is 0 Å². The number of benzene rings is 2. The van der Waals surface area contributed by atoms with Crippen molar-refractivity contribution in [3.05, 3.63) is 58.9 Å². The van der Waals surface area contributed by atoms with Crippen LogP contribution >= 0.6 is 23.8 Å². The van der Waals surface area contributed by atoms with E-state index in [2.05, 4.69) is 16.0 Å². The zero-order chi connectivity index (χ0) is 16.8. The standard InChI is InChI=1S/C16H15ClFN3OS/c1-10-13(17)3-2-4-14(10)21-15(22)9-19-16(23)20-12-7-5-11(18)6-8-12/h2-8H,9H2,1H3,(H,21,22)(H2,19,20,23). The Morgan fingerprint density at radius 3 is 2.57 bits per heavy atom. The molecule has 4 nitrogen and oxygen atoms in total. The minimum atomic E-state index is -0.328. The number of hydrogen-bond donors (Lipinski definition) is 3. The molecule has 2 rings (SSSR count). The van der Waals surface area contributed by atoms with E-state index in [1.165, 1.54) is 12.1 Å². The summed E-state index contributed by atoms with van der Waals surface area (Å²) in [6, 6.07) is 11.0. The molecule has 0 saturated heterocycles. The van der Waals surface area contributed by atoms with Crippen LogP contribution in [-0.4, -0.2) is 17.6 Å². The van der Waals surface area contributed by atoms with Gasteiger partial charge in [0.25, 0.3) is 0 Å². The number of nitrogens with one attached hydrogen (secondary N) is 3. The summed E-state index contributed by atoms with van der Waals surface area (Å²) in [7, 11) is 0. The molecule has 0 aromatic heterocycles. The lowest BCUT2D eigenvalue weighted by molar-refractivity contribution is -0.115. The van der Waals surface area contributed by atoms with Gasteiger partial charge < -0.3 is 16.0 Å². The lowest BCUT2D eigenvalue weighted by Crippen LogP contribution is -2.35. The van der Waals surface area contributed by atoms with Crippen LogP contribution in [0.5, 0.6) is 0 Å². The summed E-state index contributed by atoms with van der Waals surface area (Å²) in [5.74, 6) is -0.579. The smallest absolute Gasteiger partial charge is 0.243 e. The highest BCUT2D eigenvalue weighted by molar-refractivity contribution is 7.80. The number of hydrogen-bond acceptors (Lipinski definition) is 2. The van der Waals surface area contributed by atoms with Crippen LogP contribution in [0.15, 0.2) is 42.5 Å². The van der Waals surface area contributed by atoms with Crippen LogP contribution < -0.4 is 16.0 Å². The number of carbonyl (C=O) groups is 1. The van der Waals surface area contributed by atoms with E-state index < -0.39 is 0 Å². The topological polar surface area (TPSA) is 53.2 Å². The van der Waals surface area contributed by atoms with E-state index in [1.54, 1.807) is 30.3 Å². The number of rotatable bonds is 4. The van der Waals surface area contributed by atoms with Gasteiger partial charge in [0.05, 0.1) is 6.54 Å². The second-order valence-corrected chi connectivity index (χ2v) is 5.59. The van der Waals surface area contributed by atoms with Crippen molar-refractivity contribution in [3.8, 4) is 0 Å². The van der Waals surface area contributed by atoms with Crippen molar-refractivity contribution in [2.45, 2.75) is 6.92 Å². The fourth-order valence-electron chi connectivity index (χ4n) is 1.81. The molecule has 0 heterocycles. The first-order valence-corrected chi connectivity index (χ1v) is 7.59. The molecule has 0 aliphatic heterocycles. The van der Waals surface area contributed by atoms with E-state index in [9.17, 15) is 9.18 Å². The molecule has 1 amide bonds. The Morgan fingerprint density at radius 1 is 1.17 bits per heavy atom. The van der Waals surface area contributed by atoms with Crippen LogP contribution in [0.25, 0.3) is 0 Å². The molecule has 3 N–H and O–H groups in total. The fourth-order valence-corrected chi connectivity index (χ4v) is 2.17. The molecule has 120 valence electrons. The average Bonchev–Trinajstić information content (AvgIpc) is 2.52. The zero-order valence-corrected chi connectivity index (χ0v) is 13.9. The number of halogens is 2. The van der Waals surface area contributed by atoms with Crippen molar-refractivity contribution in [1.82, 2.24) is 5.32 Å². The summed E-state index contributed by atoms with van der Waals surface area (Å²) < 4.78 is 12.8. The van der Waals surface area contributed by atoms with Crippen molar-refractivity contribution >= 4 is 46.2 Å². The van der Waals surface area contributed by atoms with E-state index in [-0.39, 0.29) is 23.4 Å². The summed E-state index contributed by atoms with van der Waals surface area (Å²) >= 11 is 11.1. The quantitative estimate of drug-likeness (QED) is 0.735. The van der Waals surface area contributed by atoms with Gasteiger partial charge in [-0.05, 0) is 61.1 Å². The van der Waals surface area contributed by atoms with Gasteiger partial charge in [0.1, 0.15) is 5.82 Å². The summed E-state index contributed by atoms with van der Waals surface area (Å²) in [4.78, 5) is 11.9. The Hall–Kier alpha value is -2.18. The first-order valence-electron chi connectivity index (χ1n) is 6.81. The van der Waals surface area contributed by atoms with E-state index in [1.807, 2.05) is 6.92 Å². The molecule has 0 fully saturated rings. The number of amides is 1. The van der Waals surface area contributed by atoms with Crippen LogP contribution in [0.4, 0.5) is 15.8 Å². The molecule has 0 aliphatic rings. The van der Waals surface area contributed by atoms with Gasteiger partial charge in [0, 0.05) is 16.4 Å². The van der Waals surface area contributed by atoms with Crippen molar-refractivity contribution < 1.29 is 9.18 Å². The van der Waals surface area contributed by atoms with Crippen molar-refractivity contribution in [3.63, 3.8) is 0 Å². The highest BCUT2D eigenvalue weighted by atomic mass is 35.5. The second kappa shape index (κ2) is 7.89. The monoisotopic (exact) mass is 351 g/mol. The van der Waals surface area contributed by atoms with Crippen LogP contribution in [0.1, 0.15) is 5.56 Å². The predicted octanol–water partition coefficient (Wildman–Crippen LogP) is 3.71. The molecule has 0 aliphatic carbocycles. The molecule has 0 unspecified atom stereocenters. The van der Waals surface area contributed by atoms with Gasteiger partial charge in [-0.25, -0.2) is 4.39 Å². The number of anilines is 2. The summed E-state index contributed by atoms with van der Waals surface area (Å²) in [6.07, 6.45) is 0. The van der Waals surface area contributed by atoms with Crippen LogP contribution in [0.3, 0.4) is 0 Å². The lowest BCUT2D eigenvalue weighted by atomic mass is 10.2. The third kappa shape index (κ3) is 5.19. The van der Waals surface area contributed by atoms with Crippen molar-refractivity contribution in [2.75, 3.05) is 17.2 Å². The molecule has 7 heteroatoms. The molecule has 0 radical (unpaired) electrons. The Morgan fingerprint density at radius 2 is 1.87 bits per heavy atom. The minimum absolute atomic E-state index is 0.00101. The largest absolute Gasteiger partial charge is 0.353 e. The Bertz CT molecular complexity index is 722. The number of carbonyl (C=O) groups excluding carboxylic acids is 1. The van der Waals surface area contributed by atoms with Crippen LogP contribution in [-0.2, 0) is 4.79 Å². The van der Waals surface area contributed by atoms with Gasteiger partial charge in [-0.15, -0.1) is 0 Å². The lowest BCUT2D eigenvalue weighted by Gasteiger charge is -2.12. The highest BCUT2D eigenvalue weighted by Crippen LogP contribution is 2.22. The maximum absolute atomic E-state index is 12.8. The normalized spacial score (nSPS) is 10.0. The third-order valence-corrected chi connectivity index (χ3v) is 3.71. The number of thiocarbonyl (C=S) groups is 1. The molecule has 23 heavy (non-hydrogen) atoms. The molecular formula is C16H15ClFN3OS. The molecule has 2 aromatic carbocycles.